The lowest BCUT2D eigenvalue weighted by Gasteiger charge is -2.25. The summed E-state index contributed by atoms with van der Waals surface area (Å²) in [5, 5.41) is 5.48. The molecule has 0 aliphatic heterocycles. The second kappa shape index (κ2) is 9.02. The van der Waals surface area contributed by atoms with Crippen molar-refractivity contribution in [3.05, 3.63) is 24.3 Å². The molecule has 132 valence electrons. The normalized spacial score (nSPS) is 12.9. The fraction of sp³-hybridized carbons (Fsp3) is 0.471. The van der Waals surface area contributed by atoms with Gasteiger partial charge in [0.1, 0.15) is 0 Å². The van der Waals surface area contributed by atoms with Crippen molar-refractivity contribution < 1.29 is 19.3 Å². The van der Waals surface area contributed by atoms with Gasteiger partial charge in [0.05, 0.1) is 6.54 Å². The summed E-state index contributed by atoms with van der Waals surface area (Å²) in [4.78, 5) is 37.7. The number of hydrogen-bond donors (Lipinski definition) is 3. The number of nitrogens with zero attached hydrogens (tertiary/aromatic N) is 1. The summed E-state index contributed by atoms with van der Waals surface area (Å²) in [5.74, 6) is -0.301. The Morgan fingerprint density at radius 1 is 1.08 bits per heavy atom. The minimum atomic E-state index is -0.280. The summed E-state index contributed by atoms with van der Waals surface area (Å²) in [6, 6.07) is 6.61. The van der Waals surface area contributed by atoms with Crippen LogP contribution in [0.4, 0.5) is 11.4 Å². The van der Waals surface area contributed by atoms with E-state index in [2.05, 4.69) is 10.6 Å². The van der Waals surface area contributed by atoms with E-state index in [1.54, 1.807) is 43.3 Å². The molecule has 1 aromatic rings. The van der Waals surface area contributed by atoms with Crippen LogP contribution >= 0.6 is 0 Å². The molecule has 24 heavy (non-hydrogen) atoms. The Kier molecular flexibility index (Phi) is 7.38. The predicted molar refractivity (Wildman–Crippen MR) is 93.9 cm³/mol. The number of carbonyl (C=O) groups is 3. The Balaban J connectivity index is 2.63. The maximum atomic E-state index is 12.2. The van der Waals surface area contributed by atoms with Crippen LogP contribution in [0.1, 0.15) is 20.8 Å². The highest BCUT2D eigenvalue weighted by atomic mass is 16.2. The lowest BCUT2D eigenvalue weighted by atomic mass is 10.2. The smallest absolute Gasteiger partial charge is 0.280 e. The van der Waals surface area contributed by atoms with E-state index in [0.717, 1.165) is 4.90 Å². The lowest BCUT2D eigenvalue weighted by molar-refractivity contribution is -0.904. The van der Waals surface area contributed by atoms with E-state index in [-0.39, 0.29) is 30.3 Å². The average molecular weight is 335 g/mol. The minimum Gasteiger partial charge on any atom is -0.344 e. The summed E-state index contributed by atoms with van der Waals surface area (Å²) in [7, 11) is 3.42. The van der Waals surface area contributed by atoms with Gasteiger partial charge in [-0.1, -0.05) is 0 Å². The van der Waals surface area contributed by atoms with Crippen molar-refractivity contribution in [1.29, 1.82) is 0 Å². The van der Waals surface area contributed by atoms with Crippen LogP contribution in [0.15, 0.2) is 24.3 Å². The molecule has 0 heterocycles. The lowest BCUT2D eigenvalue weighted by Crippen LogP contribution is -3.17. The number of nitrogens with one attached hydrogen (secondary N) is 3. The van der Waals surface area contributed by atoms with Gasteiger partial charge in [0, 0.05) is 32.4 Å². The number of carbonyl (C=O) groups excluding carboxylic acids is 3. The van der Waals surface area contributed by atoms with Gasteiger partial charge in [-0.2, -0.15) is 0 Å². The van der Waals surface area contributed by atoms with Crippen LogP contribution in [0.25, 0.3) is 0 Å². The molecule has 0 saturated heterocycles. The van der Waals surface area contributed by atoms with Crippen LogP contribution in [0.5, 0.6) is 0 Å². The van der Waals surface area contributed by atoms with Crippen molar-refractivity contribution in [2.75, 3.05) is 37.8 Å². The number of hydrogen-bond acceptors (Lipinski definition) is 3. The molecule has 0 aromatic heterocycles. The molecule has 7 nitrogen and oxygen atoms in total. The monoisotopic (exact) mass is 335 g/mol. The molecule has 0 radical (unpaired) electrons. The van der Waals surface area contributed by atoms with Gasteiger partial charge in [0.25, 0.3) is 11.8 Å². The first-order chi connectivity index (χ1) is 11.2. The van der Waals surface area contributed by atoms with Gasteiger partial charge in [-0.15, -0.1) is 0 Å². The fourth-order valence-corrected chi connectivity index (χ4v) is 2.40. The topological polar surface area (TPSA) is 83.0 Å². The first-order valence-corrected chi connectivity index (χ1v) is 7.97. The maximum absolute atomic E-state index is 12.2. The molecule has 2 atom stereocenters. The maximum Gasteiger partial charge on any atom is 0.280 e. The molecular weight excluding hydrogens is 308 g/mol. The van der Waals surface area contributed by atoms with Crippen molar-refractivity contribution in [3.8, 4) is 0 Å². The van der Waals surface area contributed by atoms with Gasteiger partial charge < -0.3 is 20.4 Å². The molecule has 0 saturated carbocycles. The van der Waals surface area contributed by atoms with Crippen LogP contribution < -0.4 is 15.5 Å². The van der Waals surface area contributed by atoms with Crippen LogP contribution in [-0.4, -0.2) is 55.8 Å². The van der Waals surface area contributed by atoms with Crippen LogP contribution in [0.2, 0.25) is 0 Å². The first kappa shape index (κ1) is 19.6. The molecule has 0 aliphatic carbocycles. The van der Waals surface area contributed by atoms with Gasteiger partial charge in [-0.05, 0) is 38.1 Å². The standard InChI is InChI=1S/C17H26N4O3/c1-6-21(12(2)17(24)20(4)5)11-16(23)19-15-9-7-14(8-10-15)18-13(3)22/h7-10,12H,6,11H2,1-5H3,(H,18,22)(H,19,23)/p+1/t12-/m1/s1. The first-order valence-electron chi connectivity index (χ1n) is 7.97. The molecule has 0 spiro atoms. The zero-order chi connectivity index (χ0) is 18.3. The molecule has 0 aliphatic rings. The Morgan fingerprint density at radius 3 is 2.00 bits per heavy atom. The van der Waals surface area contributed by atoms with E-state index >= 15 is 0 Å². The zero-order valence-electron chi connectivity index (χ0n) is 15.0. The highest BCUT2D eigenvalue weighted by molar-refractivity contribution is 5.92. The van der Waals surface area contributed by atoms with Gasteiger partial charge in [-0.3, -0.25) is 14.4 Å². The number of rotatable bonds is 7. The average Bonchev–Trinajstić information content (AvgIpc) is 2.52. The Hall–Kier alpha value is -2.41. The second-order valence-corrected chi connectivity index (χ2v) is 5.95. The van der Waals surface area contributed by atoms with E-state index in [1.807, 2.05) is 13.8 Å². The zero-order valence-corrected chi connectivity index (χ0v) is 15.0. The third-order valence-corrected chi connectivity index (χ3v) is 3.75. The highest BCUT2D eigenvalue weighted by Gasteiger charge is 2.27. The Labute approximate surface area is 143 Å². The number of amides is 3. The van der Waals surface area contributed by atoms with Crippen molar-refractivity contribution in [2.24, 2.45) is 0 Å². The van der Waals surface area contributed by atoms with E-state index in [1.165, 1.54) is 6.92 Å². The van der Waals surface area contributed by atoms with Crippen LogP contribution in [0.3, 0.4) is 0 Å². The summed E-state index contributed by atoms with van der Waals surface area (Å²) in [6.07, 6.45) is 0. The van der Waals surface area contributed by atoms with Gasteiger partial charge in [0.2, 0.25) is 5.91 Å². The van der Waals surface area contributed by atoms with Crippen LogP contribution in [-0.2, 0) is 14.4 Å². The van der Waals surface area contributed by atoms with Crippen molar-refractivity contribution >= 4 is 29.1 Å². The van der Waals surface area contributed by atoms with E-state index in [4.69, 9.17) is 0 Å². The van der Waals surface area contributed by atoms with E-state index in [0.29, 0.717) is 17.9 Å². The van der Waals surface area contributed by atoms with Crippen molar-refractivity contribution in [3.63, 3.8) is 0 Å². The molecule has 0 bridgehead atoms. The molecular formula is C17H27N4O3+. The molecule has 0 fully saturated rings. The summed E-state index contributed by atoms with van der Waals surface area (Å²) < 4.78 is 0. The third kappa shape index (κ3) is 6.00. The van der Waals surface area contributed by atoms with Crippen molar-refractivity contribution in [1.82, 2.24) is 4.90 Å². The molecule has 3 N–H and O–H groups in total. The predicted octanol–water partition coefficient (Wildman–Crippen LogP) is -0.0350. The molecule has 3 amide bonds. The fourth-order valence-electron chi connectivity index (χ4n) is 2.40. The molecule has 7 heteroatoms. The number of quaternary nitrogens is 1. The summed E-state index contributed by atoms with van der Waals surface area (Å²) in [5.41, 5.74) is 1.32. The van der Waals surface area contributed by atoms with E-state index in [9.17, 15) is 14.4 Å². The third-order valence-electron chi connectivity index (χ3n) is 3.75. The highest BCUT2D eigenvalue weighted by Crippen LogP contribution is 2.13. The molecule has 1 rings (SSSR count). The van der Waals surface area contributed by atoms with Gasteiger partial charge in [0.15, 0.2) is 12.6 Å². The summed E-state index contributed by atoms with van der Waals surface area (Å²) in [6.45, 7) is 6.11. The SMILES string of the molecule is CC[NH+](CC(=O)Nc1ccc(NC(C)=O)cc1)[C@H](C)C(=O)N(C)C. The van der Waals surface area contributed by atoms with E-state index < -0.39 is 0 Å². The van der Waals surface area contributed by atoms with Crippen LogP contribution in [0, 0.1) is 0 Å². The molecule has 1 unspecified atom stereocenters. The number of likely N-dealkylation sites (N-methyl/N-ethyl adjacent to an activating group) is 2. The Bertz CT molecular complexity index is 584. The minimum absolute atomic E-state index is 0.000639. The van der Waals surface area contributed by atoms with Gasteiger partial charge >= 0.3 is 0 Å². The van der Waals surface area contributed by atoms with Gasteiger partial charge in [-0.25, -0.2) is 0 Å². The largest absolute Gasteiger partial charge is 0.344 e. The van der Waals surface area contributed by atoms with Crippen molar-refractivity contribution in [2.45, 2.75) is 26.8 Å². The Morgan fingerprint density at radius 2 is 1.58 bits per heavy atom. The second-order valence-electron chi connectivity index (χ2n) is 5.95. The quantitative estimate of drug-likeness (QED) is 0.654. The number of anilines is 2. The molecule has 1 aromatic carbocycles. The number of benzene rings is 1. The summed E-state index contributed by atoms with van der Waals surface area (Å²) >= 11 is 0.